The number of halogens is 5. The number of hydrogen-bond donors (Lipinski definition) is 0. The van der Waals surface area contributed by atoms with E-state index in [1.807, 2.05) is 0 Å². The summed E-state index contributed by atoms with van der Waals surface area (Å²) in [6.07, 6.45) is -4.95. The number of pyridine rings is 1. The highest BCUT2D eigenvalue weighted by Gasteiger charge is 2.34. The van der Waals surface area contributed by atoms with Gasteiger partial charge in [0.25, 0.3) is 0 Å². The molecule has 0 bridgehead atoms. The number of carbonyl (C=O) groups excluding carboxylic acids is 1. The maximum atomic E-state index is 13.5. The molecule has 9 heteroatoms. The first-order chi connectivity index (χ1) is 9.28. The van der Waals surface area contributed by atoms with Crippen LogP contribution in [0.1, 0.15) is 18.1 Å². The van der Waals surface area contributed by atoms with Crippen molar-refractivity contribution in [2.75, 3.05) is 6.61 Å². The van der Waals surface area contributed by atoms with E-state index in [1.165, 1.54) is 0 Å². The lowest BCUT2D eigenvalue weighted by Gasteiger charge is -2.14. The normalized spacial score (nSPS) is 11.3. The van der Waals surface area contributed by atoms with Gasteiger partial charge in [-0.25, -0.2) is 9.37 Å². The molecule has 112 valence electrons. The Morgan fingerprint density at radius 1 is 1.40 bits per heavy atom. The number of carbonyl (C=O) groups is 1. The zero-order valence-corrected chi connectivity index (χ0v) is 11.8. The van der Waals surface area contributed by atoms with Crippen LogP contribution in [-0.4, -0.2) is 23.9 Å². The van der Waals surface area contributed by atoms with E-state index >= 15 is 0 Å². The van der Waals surface area contributed by atoms with Crippen molar-refractivity contribution < 1.29 is 31.8 Å². The Morgan fingerprint density at radius 3 is 2.55 bits per heavy atom. The molecule has 1 rings (SSSR count). The molecule has 0 aliphatic carbocycles. The van der Waals surface area contributed by atoms with E-state index in [1.54, 1.807) is 6.92 Å². The molecule has 0 unspecified atom stereocenters. The van der Waals surface area contributed by atoms with Crippen LogP contribution in [0.3, 0.4) is 0 Å². The van der Waals surface area contributed by atoms with Gasteiger partial charge in [0.15, 0.2) is 0 Å². The lowest BCUT2D eigenvalue weighted by Crippen LogP contribution is -2.21. The van der Waals surface area contributed by atoms with Crippen LogP contribution in [0.4, 0.5) is 17.6 Å². The Morgan fingerprint density at radius 2 is 2.05 bits per heavy atom. The second kappa shape index (κ2) is 6.87. The quantitative estimate of drug-likeness (QED) is 0.460. The van der Waals surface area contributed by atoms with Gasteiger partial charge in [0, 0.05) is 16.5 Å². The van der Waals surface area contributed by atoms with Gasteiger partial charge in [-0.15, -0.1) is 13.2 Å². The highest BCUT2D eigenvalue weighted by Crippen LogP contribution is 2.29. The molecule has 0 aliphatic rings. The summed E-state index contributed by atoms with van der Waals surface area (Å²) >= 11 is 2.95. The van der Waals surface area contributed by atoms with Crippen molar-refractivity contribution in [3.63, 3.8) is 0 Å². The Labute approximate surface area is 120 Å². The van der Waals surface area contributed by atoms with Crippen LogP contribution in [0.2, 0.25) is 0 Å². The molecule has 20 heavy (non-hydrogen) atoms. The van der Waals surface area contributed by atoms with Gasteiger partial charge in [0.1, 0.15) is 5.82 Å². The maximum Gasteiger partial charge on any atom is 0.574 e. The third-order valence-electron chi connectivity index (χ3n) is 2.18. The van der Waals surface area contributed by atoms with Crippen LogP contribution in [0, 0.1) is 5.82 Å². The molecule has 1 heterocycles. The van der Waals surface area contributed by atoms with Crippen molar-refractivity contribution in [2.45, 2.75) is 25.0 Å². The molecule has 1 aromatic heterocycles. The summed E-state index contributed by atoms with van der Waals surface area (Å²) < 4.78 is 58.6. The topological polar surface area (TPSA) is 48.4 Å². The number of ether oxygens (including phenoxy) is 2. The van der Waals surface area contributed by atoms with E-state index in [2.05, 4.69) is 30.4 Å². The maximum absolute atomic E-state index is 13.5. The van der Waals surface area contributed by atoms with E-state index in [-0.39, 0.29) is 23.1 Å². The fourth-order valence-corrected chi connectivity index (χ4v) is 2.03. The molecule has 0 radical (unpaired) electrons. The summed E-state index contributed by atoms with van der Waals surface area (Å²) in [4.78, 5) is 14.6. The molecule has 0 amide bonds. The van der Waals surface area contributed by atoms with Gasteiger partial charge >= 0.3 is 12.3 Å². The zero-order chi connectivity index (χ0) is 15.3. The van der Waals surface area contributed by atoms with Crippen molar-refractivity contribution in [3.05, 3.63) is 23.1 Å². The Bertz CT molecular complexity index is 493. The SMILES string of the molecule is CCOC(=O)Cc1c(OC(F)(F)F)ncc(F)c1CBr. The van der Waals surface area contributed by atoms with Crippen molar-refractivity contribution in [1.82, 2.24) is 4.98 Å². The zero-order valence-electron chi connectivity index (χ0n) is 10.3. The summed E-state index contributed by atoms with van der Waals surface area (Å²) in [7, 11) is 0. The average Bonchev–Trinajstić information content (AvgIpc) is 2.32. The molecule has 0 saturated heterocycles. The summed E-state index contributed by atoms with van der Waals surface area (Å²) in [5, 5.41) is -0.0929. The summed E-state index contributed by atoms with van der Waals surface area (Å²) in [6.45, 7) is 1.60. The number of rotatable bonds is 5. The van der Waals surface area contributed by atoms with Crippen LogP contribution in [-0.2, 0) is 21.3 Å². The monoisotopic (exact) mass is 359 g/mol. The second-order valence-electron chi connectivity index (χ2n) is 3.53. The molecule has 0 fully saturated rings. The number of alkyl halides is 4. The van der Waals surface area contributed by atoms with Gasteiger partial charge in [-0.1, -0.05) is 15.9 Å². The Kier molecular flexibility index (Phi) is 5.73. The van der Waals surface area contributed by atoms with Gasteiger partial charge < -0.3 is 9.47 Å². The summed E-state index contributed by atoms with van der Waals surface area (Å²) in [5.41, 5.74) is -0.426. The molecule has 0 atom stereocenters. The third kappa shape index (κ3) is 4.62. The van der Waals surface area contributed by atoms with Gasteiger partial charge in [0.2, 0.25) is 5.88 Å². The predicted molar refractivity (Wildman–Crippen MR) is 63.8 cm³/mol. The summed E-state index contributed by atoms with van der Waals surface area (Å²) in [6, 6.07) is 0. The van der Waals surface area contributed by atoms with Crippen molar-refractivity contribution in [3.8, 4) is 5.88 Å². The molecule has 1 aromatic rings. The number of aromatic nitrogens is 1. The van der Waals surface area contributed by atoms with E-state index in [9.17, 15) is 22.4 Å². The predicted octanol–water partition coefficient (Wildman–Crippen LogP) is 3.12. The highest BCUT2D eigenvalue weighted by molar-refractivity contribution is 9.08. The molecule has 0 aliphatic heterocycles. The lowest BCUT2D eigenvalue weighted by atomic mass is 10.1. The van der Waals surface area contributed by atoms with Gasteiger partial charge in [-0.3, -0.25) is 4.79 Å². The average molecular weight is 360 g/mol. The van der Waals surface area contributed by atoms with Gasteiger partial charge in [-0.2, -0.15) is 0 Å². The van der Waals surface area contributed by atoms with Crippen molar-refractivity contribution in [1.29, 1.82) is 0 Å². The van der Waals surface area contributed by atoms with E-state index < -0.39 is 30.4 Å². The largest absolute Gasteiger partial charge is 0.574 e. The fraction of sp³-hybridized carbons (Fsp3) is 0.455. The van der Waals surface area contributed by atoms with E-state index in [0.717, 1.165) is 0 Å². The van der Waals surface area contributed by atoms with Gasteiger partial charge in [0.05, 0.1) is 19.2 Å². The Hall–Kier alpha value is -1.38. The molecule has 0 saturated carbocycles. The van der Waals surface area contributed by atoms with E-state index in [4.69, 9.17) is 0 Å². The minimum absolute atomic E-state index is 0.0562. The smallest absolute Gasteiger partial charge is 0.466 e. The van der Waals surface area contributed by atoms with Crippen LogP contribution in [0.25, 0.3) is 0 Å². The van der Waals surface area contributed by atoms with Crippen LogP contribution in [0.15, 0.2) is 6.20 Å². The minimum Gasteiger partial charge on any atom is -0.466 e. The van der Waals surface area contributed by atoms with Crippen molar-refractivity contribution in [2.24, 2.45) is 0 Å². The molecule has 4 nitrogen and oxygen atoms in total. The number of nitrogens with zero attached hydrogens (tertiary/aromatic N) is 1. The first kappa shape index (κ1) is 16.7. The Balaban J connectivity index is 3.19. The first-order valence-electron chi connectivity index (χ1n) is 5.42. The third-order valence-corrected chi connectivity index (χ3v) is 2.74. The standard InChI is InChI=1S/C11H10BrF4NO3/c1-2-19-9(18)3-6-7(4-12)8(13)5-17-10(6)20-11(14,15)16/h5H,2-4H2,1H3. The van der Waals surface area contributed by atoms with Crippen molar-refractivity contribution >= 4 is 21.9 Å². The van der Waals surface area contributed by atoms with Crippen LogP contribution in [0.5, 0.6) is 5.88 Å². The fourth-order valence-electron chi connectivity index (χ4n) is 1.43. The molecule has 0 aromatic carbocycles. The van der Waals surface area contributed by atoms with Crippen LogP contribution >= 0.6 is 15.9 Å². The molecule has 0 spiro atoms. The summed E-state index contributed by atoms with van der Waals surface area (Å²) in [5.74, 6) is -2.49. The number of esters is 1. The molecule has 0 N–H and O–H groups in total. The van der Waals surface area contributed by atoms with E-state index in [0.29, 0.717) is 6.20 Å². The van der Waals surface area contributed by atoms with Gasteiger partial charge in [-0.05, 0) is 6.92 Å². The van der Waals surface area contributed by atoms with Crippen LogP contribution < -0.4 is 4.74 Å². The minimum atomic E-state index is -4.99. The number of hydrogen-bond acceptors (Lipinski definition) is 4. The highest BCUT2D eigenvalue weighted by atomic mass is 79.9. The first-order valence-corrected chi connectivity index (χ1v) is 6.54. The lowest BCUT2D eigenvalue weighted by molar-refractivity contribution is -0.276. The second-order valence-corrected chi connectivity index (χ2v) is 4.09. The molecular weight excluding hydrogens is 350 g/mol. The molecular formula is C11H10BrF4NO3.